The van der Waals surface area contributed by atoms with Gasteiger partial charge in [0.15, 0.2) is 5.82 Å². The molecule has 0 spiro atoms. The standard InChI is InChI=1S/C26H25F3N6O/c27-26(28,29)7-4-21(36)15-18-2-1-3-19(14-18)22-17-32-24-16-20(6-11-35(22)24)25-31-8-5-23(33-25)34-12-9-30-10-13-34/h1-3,5-6,8,11,14,16-17,30H,4,7,9-10,12-13,15H2. The number of imidazole rings is 1. The molecule has 1 aliphatic rings. The zero-order chi connectivity index (χ0) is 25.1. The molecule has 1 fully saturated rings. The van der Waals surface area contributed by atoms with Gasteiger partial charge in [0.1, 0.15) is 17.2 Å². The Labute approximate surface area is 206 Å². The molecule has 0 atom stereocenters. The van der Waals surface area contributed by atoms with E-state index in [2.05, 4.69) is 20.2 Å². The molecule has 0 aliphatic carbocycles. The van der Waals surface area contributed by atoms with Crippen LogP contribution >= 0.6 is 0 Å². The van der Waals surface area contributed by atoms with Crippen LogP contribution in [0.15, 0.2) is 61.1 Å². The van der Waals surface area contributed by atoms with Crippen molar-refractivity contribution in [2.75, 3.05) is 31.1 Å². The van der Waals surface area contributed by atoms with Crippen LogP contribution in [0.25, 0.3) is 28.3 Å². The molecule has 1 aromatic carbocycles. The van der Waals surface area contributed by atoms with Crippen LogP contribution in [0.2, 0.25) is 0 Å². The van der Waals surface area contributed by atoms with Crippen LogP contribution in [0.4, 0.5) is 19.0 Å². The van der Waals surface area contributed by atoms with Crippen LogP contribution in [0.3, 0.4) is 0 Å². The van der Waals surface area contributed by atoms with Gasteiger partial charge in [-0.05, 0) is 29.8 Å². The van der Waals surface area contributed by atoms with Crippen molar-refractivity contribution >= 4 is 17.2 Å². The van der Waals surface area contributed by atoms with Crippen molar-refractivity contribution in [1.29, 1.82) is 0 Å². The maximum absolute atomic E-state index is 12.4. The summed E-state index contributed by atoms with van der Waals surface area (Å²) in [6.07, 6.45) is -0.568. The maximum Gasteiger partial charge on any atom is 0.389 e. The number of fused-ring (bicyclic) bond motifs is 1. The lowest BCUT2D eigenvalue weighted by molar-refractivity contribution is -0.143. The first-order valence-corrected chi connectivity index (χ1v) is 11.8. The summed E-state index contributed by atoms with van der Waals surface area (Å²) in [4.78, 5) is 28.0. The normalized spacial score (nSPS) is 14.4. The van der Waals surface area contributed by atoms with Crippen molar-refractivity contribution in [3.63, 3.8) is 0 Å². The Morgan fingerprint density at radius 3 is 2.67 bits per heavy atom. The van der Waals surface area contributed by atoms with Gasteiger partial charge in [-0.25, -0.2) is 15.0 Å². The van der Waals surface area contributed by atoms with Gasteiger partial charge < -0.3 is 10.2 Å². The van der Waals surface area contributed by atoms with E-state index >= 15 is 0 Å². The zero-order valence-corrected chi connectivity index (χ0v) is 19.5. The Hall–Kier alpha value is -3.79. The van der Waals surface area contributed by atoms with E-state index in [0.717, 1.165) is 48.8 Å². The number of pyridine rings is 1. The van der Waals surface area contributed by atoms with Gasteiger partial charge in [0, 0.05) is 62.5 Å². The van der Waals surface area contributed by atoms with Crippen LogP contribution in [0.1, 0.15) is 18.4 Å². The minimum Gasteiger partial charge on any atom is -0.354 e. The largest absolute Gasteiger partial charge is 0.389 e. The van der Waals surface area contributed by atoms with E-state index in [0.29, 0.717) is 17.0 Å². The number of anilines is 1. The molecule has 1 saturated heterocycles. The fourth-order valence-corrected chi connectivity index (χ4v) is 4.33. The van der Waals surface area contributed by atoms with E-state index in [9.17, 15) is 18.0 Å². The second-order valence-corrected chi connectivity index (χ2v) is 8.79. The average Bonchev–Trinajstić information content (AvgIpc) is 3.31. The SMILES string of the molecule is O=C(CCC(F)(F)F)Cc1cccc(-c2cnc3cc(-c4nccc(N5CCNCC5)n4)ccn23)c1. The minimum atomic E-state index is -4.33. The second-order valence-electron chi connectivity index (χ2n) is 8.79. The number of nitrogens with one attached hydrogen (secondary N) is 1. The molecule has 4 heterocycles. The second kappa shape index (κ2) is 10.1. The average molecular weight is 495 g/mol. The molecular weight excluding hydrogens is 469 g/mol. The third kappa shape index (κ3) is 5.54. The van der Waals surface area contributed by atoms with Gasteiger partial charge >= 0.3 is 6.18 Å². The molecule has 0 radical (unpaired) electrons. The molecule has 4 aromatic rings. The van der Waals surface area contributed by atoms with Crippen molar-refractivity contribution < 1.29 is 18.0 Å². The lowest BCUT2D eigenvalue weighted by atomic mass is 10.0. The highest BCUT2D eigenvalue weighted by molar-refractivity contribution is 5.81. The Balaban J connectivity index is 1.36. The molecule has 0 bridgehead atoms. The number of Topliss-reactive ketones (excluding diaryl/α,β-unsaturated/α-hetero) is 1. The number of piperazine rings is 1. The molecule has 186 valence electrons. The highest BCUT2D eigenvalue weighted by Crippen LogP contribution is 2.26. The minimum absolute atomic E-state index is 0.0361. The lowest BCUT2D eigenvalue weighted by Gasteiger charge is -2.28. The molecule has 1 N–H and O–H groups in total. The molecule has 1 aliphatic heterocycles. The highest BCUT2D eigenvalue weighted by Gasteiger charge is 2.27. The van der Waals surface area contributed by atoms with Crippen molar-refractivity contribution in [2.45, 2.75) is 25.4 Å². The van der Waals surface area contributed by atoms with E-state index in [-0.39, 0.29) is 6.42 Å². The molecule has 0 unspecified atom stereocenters. The van der Waals surface area contributed by atoms with Gasteiger partial charge in [-0.15, -0.1) is 0 Å². The van der Waals surface area contributed by atoms with Gasteiger partial charge in [0.05, 0.1) is 18.3 Å². The van der Waals surface area contributed by atoms with Crippen molar-refractivity contribution in [2.24, 2.45) is 0 Å². The lowest BCUT2D eigenvalue weighted by Crippen LogP contribution is -2.43. The molecule has 7 nitrogen and oxygen atoms in total. The number of carbonyl (C=O) groups excluding carboxylic acids is 1. The number of halogens is 3. The smallest absolute Gasteiger partial charge is 0.354 e. The first kappa shape index (κ1) is 23.9. The third-order valence-corrected chi connectivity index (χ3v) is 6.16. The number of hydrogen-bond acceptors (Lipinski definition) is 6. The Morgan fingerprint density at radius 1 is 1.03 bits per heavy atom. The van der Waals surface area contributed by atoms with E-state index < -0.39 is 24.8 Å². The Morgan fingerprint density at radius 2 is 1.86 bits per heavy atom. The van der Waals surface area contributed by atoms with Crippen molar-refractivity contribution in [3.05, 3.63) is 66.6 Å². The summed E-state index contributed by atoms with van der Waals surface area (Å²) in [5.41, 5.74) is 3.88. The third-order valence-electron chi connectivity index (χ3n) is 6.16. The predicted octanol–water partition coefficient (Wildman–Crippen LogP) is 4.32. The summed E-state index contributed by atoms with van der Waals surface area (Å²) < 4.78 is 39.2. The van der Waals surface area contributed by atoms with E-state index in [1.54, 1.807) is 24.5 Å². The number of carbonyl (C=O) groups is 1. The van der Waals surface area contributed by atoms with Crippen LogP contribution in [0, 0.1) is 0 Å². The fraction of sp³-hybridized carbons (Fsp3) is 0.308. The number of benzene rings is 1. The highest BCUT2D eigenvalue weighted by atomic mass is 19.4. The first-order valence-electron chi connectivity index (χ1n) is 11.8. The van der Waals surface area contributed by atoms with Crippen LogP contribution in [0.5, 0.6) is 0 Å². The van der Waals surface area contributed by atoms with E-state index in [1.807, 2.05) is 40.9 Å². The van der Waals surface area contributed by atoms with E-state index in [4.69, 9.17) is 4.98 Å². The van der Waals surface area contributed by atoms with E-state index in [1.165, 1.54) is 0 Å². The van der Waals surface area contributed by atoms with Crippen LogP contribution in [-0.4, -0.2) is 57.5 Å². The fourth-order valence-electron chi connectivity index (χ4n) is 4.33. The quantitative estimate of drug-likeness (QED) is 0.413. The molecule has 0 saturated carbocycles. The van der Waals surface area contributed by atoms with Gasteiger partial charge in [0.25, 0.3) is 0 Å². The summed E-state index contributed by atoms with van der Waals surface area (Å²) in [6.45, 7) is 3.63. The Kier molecular flexibility index (Phi) is 6.69. The summed E-state index contributed by atoms with van der Waals surface area (Å²) >= 11 is 0. The Bertz CT molecular complexity index is 1380. The maximum atomic E-state index is 12.4. The monoisotopic (exact) mass is 494 g/mol. The number of hydrogen-bond donors (Lipinski definition) is 1. The van der Waals surface area contributed by atoms with Gasteiger partial charge in [-0.1, -0.05) is 18.2 Å². The van der Waals surface area contributed by atoms with Gasteiger partial charge in [0.2, 0.25) is 0 Å². The first-order chi connectivity index (χ1) is 17.4. The number of ketones is 1. The molecule has 10 heteroatoms. The van der Waals surface area contributed by atoms with Crippen LogP contribution < -0.4 is 10.2 Å². The molecule has 36 heavy (non-hydrogen) atoms. The number of aromatic nitrogens is 4. The van der Waals surface area contributed by atoms with Gasteiger partial charge in [-0.2, -0.15) is 13.2 Å². The van der Waals surface area contributed by atoms with Crippen LogP contribution in [-0.2, 0) is 11.2 Å². The zero-order valence-electron chi connectivity index (χ0n) is 19.5. The summed E-state index contributed by atoms with van der Waals surface area (Å²) in [5, 5.41) is 3.34. The predicted molar refractivity (Wildman–Crippen MR) is 131 cm³/mol. The summed E-state index contributed by atoms with van der Waals surface area (Å²) in [6, 6.07) is 13.0. The topological polar surface area (TPSA) is 75.4 Å². The molecular formula is C26H25F3N6O. The van der Waals surface area contributed by atoms with Crippen molar-refractivity contribution in [1.82, 2.24) is 24.7 Å². The molecule has 0 amide bonds. The van der Waals surface area contributed by atoms with Gasteiger partial charge in [-0.3, -0.25) is 9.20 Å². The number of alkyl halides is 3. The number of rotatable bonds is 7. The van der Waals surface area contributed by atoms with Crippen molar-refractivity contribution in [3.8, 4) is 22.6 Å². The number of nitrogens with zero attached hydrogens (tertiary/aromatic N) is 5. The summed E-state index contributed by atoms with van der Waals surface area (Å²) in [5.74, 6) is 1.08. The molecule has 5 rings (SSSR count). The molecule has 3 aromatic heterocycles. The summed E-state index contributed by atoms with van der Waals surface area (Å²) in [7, 11) is 0.